The molecule has 2 rings (SSSR count). The lowest BCUT2D eigenvalue weighted by Gasteiger charge is -2.22. The van der Waals surface area contributed by atoms with Crippen LogP contribution in [0, 0.1) is 0 Å². The van der Waals surface area contributed by atoms with Gasteiger partial charge in [0.15, 0.2) is 0 Å². The monoisotopic (exact) mass is 362 g/mol. The molecule has 1 saturated heterocycles. The van der Waals surface area contributed by atoms with E-state index in [2.05, 4.69) is 26.0 Å². The van der Waals surface area contributed by atoms with Crippen LogP contribution in [0.1, 0.15) is 12.8 Å². The zero-order valence-corrected chi connectivity index (χ0v) is 13.5. The third kappa shape index (κ3) is 4.53. The van der Waals surface area contributed by atoms with Crippen molar-refractivity contribution in [3.63, 3.8) is 0 Å². The molecule has 2 N–H and O–H groups in total. The standard InChI is InChI=1S/C13H19BrN2O3S/c14-12-3-1-2-4-13(12)20(17,18)16-9-10-19-11-5-7-15-8-6-11/h1-4,11,15-16H,5-10H2. The van der Waals surface area contributed by atoms with Crippen molar-refractivity contribution in [2.75, 3.05) is 26.2 Å². The Morgan fingerprint density at radius 2 is 2.00 bits per heavy atom. The second-order valence-electron chi connectivity index (χ2n) is 4.65. The smallest absolute Gasteiger partial charge is 0.241 e. The summed E-state index contributed by atoms with van der Waals surface area (Å²) in [6, 6.07) is 6.76. The molecule has 0 bridgehead atoms. The van der Waals surface area contributed by atoms with E-state index in [-0.39, 0.29) is 17.5 Å². The van der Waals surface area contributed by atoms with Gasteiger partial charge < -0.3 is 10.1 Å². The molecule has 0 aliphatic carbocycles. The minimum Gasteiger partial charge on any atom is -0.377 e. The van der Waals surface area contributed by atoms with E-state index in [1.54, 1.807) is 24.3 Å². The number of rotatable bonds is 6. The number of hydrogen-bond donors (Lipinski definition) is 2. The van der Waals surface area contributed by atoms with E-state index in [0.29, 0.717) is 11.1 Å². The van der Waals surface area contributed by atoms with Crippen LogP contribution in [0.4, 0.5) is 0 Å². The first kappa shape index (κ1) is 15.9. The van der Waals surface area contributed by atoms with E-state index in [1.165, 1.54) is 0 Å². The molecule has 112 valence electrons. The molecule has 1 aliphatic rings. The zero-order valence-electron chi connectivity index (χ0n) is 11.1. The first-order chi connectivity index (χ1) is 9.59. The Kier molecular flexibility index (Phi) is 5.98. The molecule has 0 atom stereocenters. The molecule has 0 unspecified atom stereocenters. The molecule has 20 heavy (non-hydrogen) atoms. The number of piperidine rings is 1. The zero-order chi connectivity index (χ0) is 14.4. The minimum atomic E-state index is -3.48. The first-order valence-electron chi connectivity index (χ1n) is 6.66. The molecule has 1 fully saturated rings. The van der Waals surface area contributed by atoms with Crippen molar-refractivity contribution in [1.29, 1.82) is 0 Å². The van der Waals surface area contributed by atoms with Crippen LogP contribution in [0.2, 0.25) is 0 Å². The highest BCUT2D eigenvalue weighted by Crippen LogP contribution is 2.20. The van der Waals surface area contributed by atoms with E-state index in [1.807, 2.05) is 0 Å². The molecule has 0 radical (unpaired) electrons. The van der Waals surface area contributed by atoms with E-state index in [4.69, 9.17) is 4.74 Å². The number of benzene rings is 1. The highest BCUT2D eigenvalue weighted by molar-refractivity contribution is 9.10. The predicted molar refractivity (Wildman–Crippen MR) is 81.2 cm³/mol. The Morgan fingerprint density at radius 3 is 2.70 bits per heavy atom. The first-order valence-corrected chi connectivity index (χ1v) is 8.94. The summed E-state index contributed by atoms with van der Waals surface area (Å²) in [5.41, 5.74) is 0. The van der Waals surface area contributed by atoms with Gasteiger partial charge in [-0.25, -0.2) is 13.1 Å². The SMILES string of the molecule is O=S(=O)(NCCOC1CCNCC1)c1ccccc1Br. The van der Waals surface area contributed by atoms with Gasteiger partial charge in [0.25, 0.3) is 0 Å². The van der Waals surface area contributed by atoms with Crippen LogP contribution >= 0.6 is 15.9 Å². The highest BCUT2D eigenvalue weighted by atomic mass is 79.9. The largest absolute Gasteiger partial charge is 0.377 e. The molecular weight excluding hydrogens is 344 g/mol. The molecule has 1 heterocycles. The van der Waals surface area contributed by atoms with Gasteiger partial charge in [-0.05, 0) is 54.0 Å². The highest BCUT2D eigenvalue weighted by Gasteiger charge is 2.17. The number of halogens is 1. The Hall–Kier alpha value is -0.470. The van der Waals surface area contributed by atoms with Crippen molar-refractivity contribution in [2.24, 2.45) is 0 Å². The van der Waals surface area contributed by atoms with Crippen molar-refractivity contribution in [2.45, 2.75) is 23.8 Å². The number of nitrogens with one attached hydrogen (secondary N) is 2. The third-order valence-corrected chi connectivity index (χ3v) is 5.63. The van der Waals surface area contributed by atoms with E-state index in [0.717, 1.165) is 25.9 Å². The van der Waals surface area contributed by atoms with Crippen LogP contribution in [0.3, 0.4) is 0 Å². The van der Waals surface area contributed by atoms with Crippen LogP contribution in [0.15, 0.2) is 33.6 Å². The lowest BCUT2D eigenvalue weighted by molar-refractivity contribution is 0.0367. The summed E-state index contributed by atoms with van der Waals surface area (Å²) in [7, 11) is -3.48. The van der Waals surface area contributed by atoms with Crippen molar-refractivity contribution >= 4 is 26.0 Å². The number of ether oxygens (including phenoxy) is 1. The van der Waals surface area contributed by atoms with Crippen molar-refractivity contribution < 1.29 is 13.2 Å². The third-order valence-electron chi connectivity index (χ3n) is 3.16. The molecule has 1 aromatic carbocycles. The summed E-state index contributed by atoms with van der Waals surface area (Å²) in [6.45, 7) is 2.61. The van der Waals surface area contributed by atoms with Gasteiger partial charge in [-0.1, -0.05) is 12.1 Å². The molecule has 0 spiro atoms. The Bertz CT molecular complexity index is 530. The molecule has 7 heteroatoms. The lowest BCUT2D eigenvalue weighted by atomic mass is 10.1. The summed E-state index contributed by atoms with van der Waals surface area (Å²) in [5.74, 6) is 0. The van der Waals surface area contributed by atoms with Crippen molar-refractivity contribution in [3.8, 4) is 0 Å². The average Bonchev–Trinajstić information content (AvgIpc) is 2.45. The molecule has 1 aromatic rings. The van der Waals surface area contributed by atoms with Crippen LogP contribution in [-0.4, -0.2) is 40.8 Å². The van der Waals surface area contributed by atoms with Crippen LogP contribution < -0.4 is 10.0 Å². The van der Waals surface area contributed by atoms with Crippen LogP contribution in [0.25, 0.3) is 0 Å². The number of sulfonamides is 1. The fourth-order valence-corrected chi connectivity index (χ4v) is 4.12. The fraction of sp³-hybridized carbons (Fsp3) is 0.538. The molecule has 0 saturated carbocycles. The molecule has 5 nitrogen and oxygen atoms in total. The summed E-state index contributed by atoms with van der Waals surface area (Å²) in [6.07, 6.45) is 2.21. The van der Waals surface area contributed by atoms with Crippen molar-refractivity contribution in [3.05, 3.63) is 28.7 Å². The minimum absolute atomic E-state index is 0.240. The van der Waals surface area contributed by atoms with E-state index < -0.39 is 10.0 Å². The fourth-order valence-electron chi connectivity index (χ4n) is 2.10. The Morgan fingerprint density at radius 1 is 1.30 bits per heavy atom. The summed E-state index contributed by atoms with van der Waals surface area (Å²) in [4.78, 5) is 0.252. The van der Waals surface area contributed by atoms with Crippen molar-refractivity contribution in [1.82, 2.24) is 10.0 Å². The van der Waals surface area contributed by atoms with Gasteiger partial charge in [-0.15, -0.1) is 0 Å². The number of hydrogen-bond acceptors (Lipinski definition) is 4. The van der Waals surface area contributed by atoms with Crippen LogP contribution in [0.5, 0.6) is 0 Å². The van der Waals surface area contributed by atoms with Gasteiger partial charge in [-0.2, -0.15) is 0 Å². The molecule has 0 aromatic heterocycles. The maximum absolute atomic E-state index is 12.1. The summed E-state index contributed by atoms with van der Waals surface area (Å²) >= 11 is 3.25. The molecular formula is C13H19BrN2O3S. The quantitative estimate of drug-likeness (QED) is 0.752. The lowest BCUT2D eigenvalue weighted by Crippen LogP contribution is -2.34. The van der Waals surface area contributed by atoms with Gasteiger partial charge >= 0.3 is 0 Å². The summed E-state index contributed by atoms with van der Waals surface area (Å²) < 4.78 is 33.0. The van der Waals surface area contributed by atoms with Gasteiger partial charge in [0, 0.05) is 11.0 Å². The van der Waals surface area contributed by atoms with E-state index >= 15 is 0 Å². The topological polar surface area (TPSA) is 67.4 Å². The van der Waals surface area contributed by atoms with Gasteiger partial charge in [0.1, 0.15) is 0 Å². The normalized spacial score (nSPS) is 17.2. The van der Waals surface area contributed by atoms with Gasteiger partial charge in [0.2, 0.25) is 10.0 Å². The second kappa shape index (κ2) is 7.51. The molecule has 1 aliphatic heterocycles. The van der Waals surface area contributed by atoms with Gasteiger partial charge in [0.05, 0.1) is 17.6 Å². The van der Waals surface area contributed by atoms with E-state index in [9.17, 15) is 8.42 Å². The van der Waals surface area contributed by atoms with Gasteiger partial charge in [-0.3, -0.25) is 0 Å². The average molecular weight is 363 g/mol. The summed E-state index contributed by atoms with van der Waals surface area (Å²) in [5, 5.41) is 3.26. The predicted octanol–water partition coefficient (Wildman–Crippen LogP) is 1.50. The van der Waals surface area contributed by atoms with Crippen LogP contribution in [-0.2, 0) is 14.8 Å². The maximum Gasteiger partial charge on any atom is 0.241 e. The Balaban J connectivity index is 1.79. The maximum atomic E-state index is 12.1. The Labute approximate surface area is 128 Å². The second-order valence-corrected chi connectivity index (χ2v) is 7.24. The molecule has 0 amide bonds.